The van der Waals surface area contributed by atoms with E-state index in [1.807, 2.05) is 43.3 Å². The van der Waals surface area contributed by atoms with Gasteiger partial charge in [-0.25, -0.2) is 14.8 Å². The highest BCUT2D eigenvalue weighted by Crippen LogP contribution is 2.26. The Balaban J connectivity index is 1.92. The van der Waals surface area contributed by atoms with Gasteiger partial charge in [0.25, 0.3) is 0 Å². The molecule has 0 aliphatic heterocycles. The average Bonchev–Trinajstić information content (AvgIpc) is 2.63. The molecule has 0 amide bonds. The number of rotatable bonds is 6. The second-order valence-corrected chi connectivity index (χ2v) is 5.75. The van der Waals surface area contributed by atoms with Crippen molar-refractivity contribution >= 4 is 29.0 Å². The molecule has 1 heterocycles. The molecule has 0 saturated heterocycles. The van der Waals surface area contributed by atoms with Gasteiger partial charge in [-0.3, -0.25) is 0 Å². The highest BCUT2D eigenvalue weighted by Gasteiger charge is 2.11. The van der Waals surface area contributed by atoms with E-state index in [-0.39, 0.29) is 5.56 Å². The topological polar surface area (TPSA) is 78.4 Å². The molecule has 0 bridgehead atoms. The maximum Gasteiger partial charge on any atom is 0.335 e. The van der Waals surface area contributed by atoms with Crippen molar-refractivity contribution in [2.24, 2.45) is 0 Å². The molecule has 26 heavy (non-hydrogen) atoms. The molecular formula is C20H20N4O2. The molecule has 132 valence electrons. The second-order valence-electron chi connectivity index (χ2n) is 5.75. The van der Waals surface area contributed by atoms with Crippen LogP contribution in [0.1, 0.15) is 23.1 Å². The first-order valence-electron chi connectivity index (χ1n) is 8.35. The Morgan fingerprint density at radius 2 is 1.85 bits per heavy atom. The van der Waals surface area contributed by atoms with Crippen LogP contribution in [-0.4, -0.2) is 27.6 Å². The van der Waals surface area contributed by atoms with Crippen LogP contribution in [0, 0.1) is 6.92 Å². The normalized spacial score (nSPS) is 10.4. The molecule has 3 rings (SSSR count). The molecular weight excluding hydrogens is 328 g/mol. The Labute approximate surface area is 152 Å². The lowest BCUT2D eigenvalue weighted by Crippen LogP contribution is -2.18. The first-order chi connectivity index (χ1) is 12.6. The van der Waals surface area contributed by atoms with Crippen molar-refractivity contribution in [3.8, 4) is 0 Å². The fraction of sp³-hybridized carbons (Fsp3) is 0.150. The zero-order chi connectivity index (χ0) is 18.5. The SMILES string of the molecule is CCN(c1ccccc1)c1cc(Nc2cccc(C(=O)O)c2)nc(C)n1. The summed E-state index contributed by atoms with van der Waals surface area (Å²) in [6.45, 7) is 4.66. The van der Waals surface area contributed by atoms with Gasteiger partial charge in [-0.05, 0) is 44.2 Å². The summed E-state index contributed by atoms with van der Waals surface area (Å²) in [4.78, 5) is 22.2. The predicted octanol–water partition coefficient (Wildman–Crippen LogP) is 4.38. The first kappa shape index (κ1) is 17.4. The van der Waals surface area contributed by atoms with Crippen molar-refractivity contribution in [3.05, 3.63) is 72.1 Å². The van der Waals surface area contributed by atoms with Gasteiger partial charge in [0.1, 0.15) is 17.5 Å². The molecule has 0 aliphatic rings. The van der Waals surface area contributed by atoms with Crippen LogP contribution in [0.5, 0.6) is 0 Å². The highest BCUT2D eigenvalue weighted by atomic mass is 16.4. The van der Waals surface area contributed by atoms with Crippen LogP contribution >= 0.6 is 0 Å². The molecule has 0 unspecified atom stereocenters. The summed E-state index contributed by atoms with van der Waals surface area (Å²) in [6.07, 6.45) is 0. The van der Waals surface area contributed by atoms with E-state index in [0.29, 0.717) is 17.3 Å². The standard InChI is InChI=1S/C20H20N4O2/c1-3-24(17-10-5-4-6-11-17)19-13-18(21-14(2)22-19)23-16-9-7-8-15(12-16)20(25)26/h4-13H,3H2,1-2H3,(H,25,26)(H,21,22,23). The predicted molar refractivity (Wildman–Crippen MR) is 103 cm³/mol. The van der Waals surface area contributed by atoms with E-state index in [1.54, 1.807) is 24.3 Å². The number of carboxylic acids is 1. The summed E-state index contributed by atoms with van der Waals surface area (Å²) < 4.78 is 0. The van der Waals surface area contributed by atoms with Gasteiger partial charge in [0.2, 0.25) is 0 Å². The summed E-state index contributed by atoms with van der Waals surface area (Å²) in [6, 6.07) is 18.5. The molecule has 1 aromatic heterocycles. The van der Waals surface area contributed by atoms with E-state index >= 15 is 0 Å². The van der Waals surface area contributed by atoms with Crippen LogP contribution in [0.3, 0.4) is 0 Å². The molecule has 0 saturated carbocycles. The lowest BCUT2D eigenvalue weighted by molar-refractivity contribution is 0.0697. The van der Waals surface area contributed by atoms with Crippen LogP contribution in [-0.2, 0) is 0 Å². The fourth-order valence-corrected chi connectivity index (χ4v) is 2.72. The van der Waals surface area contributed by atoms with Gasteiger partial charge in [-0.1, -0.05) is 24.3 Å². The molecule has 2 aromatic carbocycles. The minimum Gasteiger partial charge on any atom is -0.478 e. The van der Waals surface area contributed by atoms with Gasteiger partial charge in [0.15, 0.2) is 0 Å². The molecule has 0 radical (unpaired) electrons. The number of para-hydroxylation sites is 1. The van der Waals surface area contributed by atoms with Gasteiger partial charge in [0, 0.05) is 24.0 Å². The van der Waals surface area contributed by atoms with Gasteiger partial charge in [-0.2, -0.15) is 0 Å². The summed E-state index contributed by atoms with van der Waals surface area (Å²) in [5, 5.41) is 12.3. The largest absolute Gasteiger partial charge is 0.478 e. The third kappa shape index (κ3) is 3.97. The monoisotopic (exact) mass is 348 g/mol. The molecule has 3 aromatic rings. The number of aromatic nitrogens is 2. The molecule has 6 nitrogen and oxygen atoms in total. The molecule has 0 fully saturated rings. The first-order valence-corrected chi connectivity index (χ1v) is 8.35. The van der Waals surface area contributed by atoms with Crippen molar-refractivity contribution in [2.45, 2.75) is 13.8 Å². The number of aryl methyl sites for hydroxylation is 1. The Morgan fingerprint density at radius 1 is 1.08 bits per heavy atom. The summed E-state index contributed by atoms with van der Waals surface area (Å²) >= 11 is 0. The number of benzene rings is 2. The number of carbonyl (C=O) groups is 1. The third-order valence-corrected chi connectivity index (χ3v) is 3.87. The zero-order valence-corrected chi connectivity index (χ0v) is 14.7. The van der Waals surface area contributed by atoms with Gasteiger partial charge < -0.3 is 15.3 Å². The summed E-state index contributed by atoms with van der Waals surface area (Å²) in [5.74, 6) is 1.07. The maximum atomic E-state index is 11.1. The maximum absolute atomic E-state index is 11.1. The van der Waals surface area contributed by atoms with Crippen molar-refractivity contribution in [1.82, 2.24) is 9.97 Å². The zero-order valence-electron chi connectivity index (χ0n) is 14.7. The number of aromatic carboxylic acids is 1. The van der Waals surface area contributed by atoms with Gasteiger partial charge >= 0.3 is 5.97 Å². The summed E-state index contributed by atoms with van der Waals surface area (Å²) in [5.41, 5.74) is 1.93. The van der Waals surface area contributed by atoms with Gasteiger partial charge in [0.05, 0.1) is 5.56 Å². The van der Waals surface area contributed by atoms with E-state index in [4.69, 9.17) is 5.11 Å². The smallest absolute Gasteiger partial charge is 0.335 e. The number of nitrogens with one attached hydrogen (secondary N) is 1. The Morgan fingerprint density at radius 3 is 2.54 bits per heavy atom. The molecule has 0 spiro atoms. The Bertz CT molecular complexity index is 913. The van der Waals surface area contributed by atoms with Crippen LogP contribution in [0.2, 0.25) is 0 Å². The number of carboxylic acid groups (broad SMARTS) is 1. The lowest BCUT2D eigenvalue weighted by atomic mass is 10.2. The molecule has 0 aliphatic carbocycles. The van der Waals surface area contributed by atoms with Crippen LogP contribution in [0.15, 0.2) is 60.7 Å². The van der Waals surface area contributed by atoms with E-state index in [9.17, 15) is 4.79 Å². The van der Waals surface area contributed by atoms with Crippen LogP contribution in [0.4, 0.5) is 23.0 Å². The van der Waals surface area contributed by atoms with Crippen LogP contribution < -0.4 is 10.2 Å². The lowest BCUT2D eigenvalue weighted by Gasteiger charge is -2.23. The van der Waals surface area contributed by atoms with Crippen LogP contribution in [0.25, 0.3) is 0 Å². The number of hydrogen-bond acceptors (Lipinski definition) is 5. The number of hydrogen-bond donors (Lipinski definition) is 2. The minimum absolute atomic E-state index is 0.223. The average molecular weight is 348 g/mol. The van der Waals surface area contributed by atoms with E-state index in [2.05, 4.69) is 27.1 Å². The molecule has 0 atom stereocenters. The number of nitrogens with zero attached hydrogens (tertiary/aromatic N) is 3. The van der Waals surface area contributed by atoms with Crippen molar-refractivity contribution in [2.75, 3.05) is 16.8 Å². The minimum atomic E-state index is -0.963. The fourth-order valence-electron chi connectivity index (χ4n) is 2.72. The quantitative estimate of drug-likeness (QED) is 0.688. The summed E-state index contributed by atoms with van der Waals surface area (Å²) in [7, 11) is 0. The van der Waals surface area contributed by atoms with Gasteiger partial charge in [-0.15, -0.1) is 0 Å². The van der Waals surface area contributed by atoms with Crippen molar-refractivity contribution in [3.63, 3.8) is 0 Å². The molecule has 6 heteroatoms. The number of anilines is 4. The van der Waals surface area contributed by atoms with E-state index < -0.39 is 5.97 Å². The Kier molecular flexibility index (Phi) is 5.12. The van der Waals surface area contributed by atoms with Crippen molar-refractivity contribution < 1.29 is 9.90 Å². The second kappa shape index (κ2) is 7.65. The third-order valence-electron chi connectivity index (χ3n) is 3.87. The van der Waals surface area contributed by atoms with E-state index in [1.165, 1.54) is 0 Å². The molecule has 2 N–H and O–H groups in total. The Hall–Kier alpha value is -3.41. The van der Waals surface area contributed by atoms with Crippen molar-refractivity contribution in [1.29, 1.82) is 0 Å². The highest BCUT2D eigenvalue weighted by molar-refractivity contribution is 5.89. The van der Waals surface area contributed by atoms with E-state index in [0.717, 1.165) is 18.1 Å².